The summed E-state index contributed by atoms with van der Waals surface area (Å²) in [4.78, 5) is 0. The van der Waals surface area contributed by atoms with Gasteiger partial charge in [-0.3, -0.25) is 0 Å². The molecule has 0 bridgehead atoms. The molecule has 1 N–H and O–H groups in total. The maximum absolute atomic E-state index is 14.2. The third-order valence-corrected chi connectivity index (χ3v) is 3.49. The Bertz CT molecular complexity index is 433. The van der Waals surface area contributed by atoms with Gasteiger partial charge in [-0.15, -0.1) is 0 Å². The fourth-order valence-electron chi connectivity index (χ4n) is 2.52. The predicted octanol–water partition coefficient (Wildman–Crippen LogP) is 2.28. The molecule has 0 aliphatic carbocycles. The summed E-state index contributed by atoms with van der Waals surface area (Å²) in [7, 11) is 4.84. The Morgan fingerprint density at radius 1 is 1.32 bits per heavy atom. The van der Waals surface area contributed by atoms with Crippen molar-refractivity contribution in [1.82, 2.24) is 5.32 Å². The summed E-state index contributed by atoms with van der Waals surface area (Å²) in [6.45, 7) is 0.734. The molecule has 1 aromatic rings. The third kappa shape index (κ3) is 2.82. The van der Waals surface area contributed by atoms with Gasteiger partial charge >= 0.3 is 0 Å². The molecule has 106 valence electrons. The van der Waals surface area contributed by atoms with Gasteiger partial charge < -0.3 is 19.5 Å². The van der Waals surface area contributed by atoms with Gasteiger partial charge in [0.15, 0.2) is 11.5 Å². The molecule has 0 radical (unpaired) electrons. The molecular weight excluding hydrogens is 249 g/mol. The molecule has 0 spiro atoms. The Labute approximate surface area is 112 Å². The molecule has 5 heteroatoms. The van der Waals surface area contributed by atoms with Gasteiger partial charge in [0.05, 0.1) is 26.4 Å². The SMILES string of the molecule is CNC(c1cc(OC)c(OC)cc1F)C1CCCO1. The first-order valence-electron chi connectivity index (χ1n) is 6.41. The first kappa shape index (κ1) is 14.1. The van der Waals surface area contributed by atoms with Gasteiger partial charge in [-0.2, -0.15) is 0 Å². The van der Waals surface area contributed by atoms with Crippen LogP contribution in [0.2, 0.25) is 0 Å². The number of hydrogen-bond acceptors (Lipinski definition) is 4. The average Bonchev–Trinajstić information content (AvgIpc) is 2.94. The van der Waals surface area contributed by atoms with Crippen molar-refractivity contribution in [2.75, 3.05) is 27.9 Å². The van der Waals surface area contributed by atoms with Crippen molar-refractivity contribution >= 4 is 0 Å². The third-order valence-electron chi connectivity index (χ3n) is 3.49. The van der Waals surface area contributed by atoms with Gasteiger partial charge in [0.2, 0.25) is 0 Å². The molecule has 0 saturated carbocycles. The Hall–Kier alpha value is -1.33. The monoisotopic (exact) mass is 269 g/mol. The minimum absolute atomic E-state index is 0.00222. The van der Waals surface area contributed by atoms with Crippen LogP contribution in [-0.2, 0) is 4.74 Å². The number of methoxy groups -OCH3 is 2. The van der Waals surface area contributed by atoms with Crippen molar-refractivity contribution in [2.24, 2.45) is 0 Å². The summed E-state index contributed by atoms with van der Waals surface area (Å²) < 4.78 is 30.2. The number of likely N-dealkylation sites (N-methyl/N-ethyl adjacent to an activating group) is 1. The van der Waals surface area contributed by atoms with Crippen molar-refractivity contribution in [3.05, 3.63) is 23.5 Å². The van der Waals surface area contributed by atoms with Gasteiger partial charge in [-0.1, -0.05) is 0 Å². The first-order chi connectivity index (χ1) is 9.21. The Balaban J connectivity index is 2.36. The van der Waals surface area contributed by atoms with Crippen LogP contribution in [-0.4, -0.2) is 34.0 Å². The number of ether oxygens (including phenoxy) is 3. The number of benzene rings is 1. The van der Waals surface area contributed by atoms with Crippen LogP contribution >= 0.6 is 0 Å². The van der Waals surface area contributed by atoms with Crippen LogP contribution < -0.4 is 14.8 Å². The number of halogens is 1. The first-order valence-corrected chi connectivity index (χ1v) is 6.41. The highest BCUT2D eigenvalue weighted by atomic mass is 19.1. The molecule has 2 unspecified atom stereocenters. The van der Waals surface area contributed by atoms with E-state index in [1.54, 1.807) is 13.2 Å². The molecule has 0 amide bonds. The molecule has 1 heterocycles. The van der Waals surface area contributed by atoms with E-state index in [1.165, 1.54) is 13.2 Å². The van der Waals surface area contributed by atoms with Crippen molar-refractivity contribution in [2.45, 2.75) is 25.0 Å². The van der Waals surface area contributed by atoms with Crippen LogP contribution in [0.15, 0.2) is 12.1 Å². The minimum atomic E-state index is -0.312. The van der Waals surface area contributed by atoms with E-state index < -0.39 is 0 Å². The number of rotatable bonds is 5. The van der Waals surface area contributed by atoms with Gasteiger partial charge in [0, 0.05) is 18.2 Å². The number of hydrogen-bond donors (Lipinski definition) is 1. The van der Waals surface area contributed by atoms with Gasteiger partial charge in [-0.25, -0.2) is 4.39 Å². The van der Waals surface area contributed by atoms with Crippen molar-refractivity contribution < 1.29 is 18.6 Å². The lowest BCUT2D eigenvalue weighted by Crippen LogP contribution is -2.29. The topological polar surface area (TPSA) is 39.7 Å². The van der Waals surface area contributed by atoms with E-state index in [0.29, 0.717) is 17.1 Å². The summed E-state index contributed by atoms with van der Waals surface area (Å²) in [6, 6.07) is 2.85. The van der Waals surface area contributed by atoms with Gasteiger partial charge in [0.25, 0.3) is 0 Å². The minimum Gasteiger partial charge on any atom is -0.493 e. The van der Waals surface area contributed by atoms with E-state index in [4.69, 9.17) is 14.2 Å². The highest BCUT2D eigenvalue weighted by molar-refractivity contribution is 5.45. The van der Waals surface area contributed by atoms with E-state index in [-0.39, 0.29) is 18.0 Å². The summed E-state index contributed by atoms with van der Waals surface area (Å²) in [5, 5.41) is 3.13. The van der Waals surface area contributed by atoms with Crippen molar-refractivity contribution in [1.29, 1.82) is 0 Å². The lowest BCUT2D eigenvalue weighted by Gasteiger charge is -2.24. The van der Waals surface area contributed by atoms with E-state index in [1.807, 2.05) is 7.05 Å². The van der Waals surface area contributed by atoms with E-state index in [9.17, 15) is 4.39 Å². The van der Waals surface area contributed by atoms with Crippen LogP contribution in [0.5, 0.6) is 11.5 Å². The lowest BCUT2D eigenvalue weighted by atomic mass is 9.98. The van der Waals surface area contributed by atoms with Gasteiger partial charge in [-0.05, 0) is 26.0 Å². The fourth-order valence-corrected chi connectivity index (χ4v) is 2.52. The predicted molar refractivity (Wildman–Crippen MR) is 70.3 cm³/mol. The molecule has 2 atom stereocenters. The summed E-state index contributed by atoms with van der Waals surface area (Å²) in [5.41, 5.74) is 0.548. The zero-order valence-electron chi connectivity index (χ0n) is 11.5. The second-order valence-electron chi connectivity index (χ2n) is 4.55. The summed E-state index contributed by atoms with van der Waals surface area (Å²) >= 11 is 0. The zero-order valence-corrected chi connectivity index (χ0v) is 11.5. The molecule has 1 aliphatic heterocycles. The standard InChI is InChI=1S/C14H20FNO3/c1-16-14(11-5-4-6-19-11)9-7-12(17-2)13(18-3)8-10(9)15/h7-8,11,14,16H,4-6H2,1-3H3. The molecule has 1 aromatic carbocycles. The molecule has 0 aromatic heterocycles. The lowest BCUT2D eigenvalue weighted by molar-refractivity contribution is 0.0795. The molecule has 4 nitrogen and oxygen atoms in total. The molecule has 1 fully saturated rings. The second-order valence-corrected chi connectivity index (χ2v) is 4.55. The van der Waals surface area contributed by atoms with Crippen LogP contribution in [0.25, 0.3) is 0 Å². The van der Waals surface area contributed by atoms with E-state index in [2.05, 4.69) is 5.32 Å². The van der Waals surface area contributed by atoms with Crippen LogP contribution in [0.3, 0.4) is 0 Å². The van der Waals surface area contributed by atoms with Crippen LogP contribution in [0.4, 0.5) is 4.39 Å². The maximum Gasteiger partial charge on any atom is 0.163 e. The van der Waals surface area contributed by atoms with E-state index >= 15 is 0 Å². The number of nitrogens with one attached hydrogen (secondary N) is 1. The quantitative estimate of drug-likeness (QED) is 0.890. The summed E-state index contributed by atoms with van der Waals surface area (Å²) in [5.74, 6) is 0.607. The Morgan fingerprint density at radius 3 is 2.53 bits per heavy atom. The molecule has 2 rings (SSSR count). The largest absolute Gasteiger partial charge is 0.493 e. The fraction of sp³-hybridized carbons (Fsp3) is 0.571. The summed E-state index contributed by atoms with van der Waals surface area (Å²) in [6.07, 6.45) is 1.94. The maximum atomic E-state index is 14.2. The Kier molecular flexibility index (Phi) is 4.61. The van der Waals surface area contributed by atoms with Crippen molar-refractivity contribution in [3.63, 3.8) is 0 Å². The molecule has 19 heavy (non-hydrogen) atoms. The zero-order chi connectivity index (χ0) is 13.8. The van der Waals surface area contributed by atoms with E-state index in [0.717, 1.165) is 19.4 Å². The highest BCUT2D eigenvalue weighted by Crippen LogP contribution is 2.35. The second kappa shape index (κ2) is 6.21. The normalized spacial score (nSPS) is 20.3. The smallest absolute Gasteiger partial charge is 0.163 e. The van der Waals surface area contributed by atoms with Gasteiger partial charge in [0.1, 0.15) is 5.82 Å². The molecule has 1 aliphatic rings. The average molecular weight is 269 g/mol. The molecule has 1 saturated heterocycles. The Morgan fingerprint density at radius 2 is 2.00 bits per heavy atom. The van der Waals surface area contributed by atoms with Crippen LogP contribution in [0, 0.1) is 5.82 Å². The molecular formula is C14H20FNO3. The van der Waals surface area contributed by atoms with Crippen molar-refractivity contribution in [3.8, 4) is 11.5 Å². The highest BCUT2D eigenvalue weighted by Gasteiger charge is 2.29. The van der Waals surface area contributed by atoms with Crippen LogP contribution in [0.1, 0.15) is 24.4 Å².